The van der Waals surface area contributed by atoms with E-state index in [4.69, 9.17) is 23.2 Å². The molecular weight excluding hydrogens is 307 g/mol. The first-order valence-corrected chi connectivity index (χ1v) is 7.27. The van der Waals surface area contributed by atoms with Gasteiger partial charge in [0.1, 0.15) is 5.15 Å². The van der Waals surface area contributed by atoms with Crippen molar-refractivity contribution in [3.8, 4) is 0 Å². The molecule has 21 heavy (non-hydrogen) atoms. The van der Waals surface area contributed by atoms with E-state index in [1.807, 2.05) is 39.8 Å². The lowest BCUT2D eigenvalue weighted by Crippen LogP contribution is -2.16. The van der Waals surface area contributed by atoms with Crippen LogP contribution in [0.1, 0.15) is 32.6 Å². The molecule has 1 aromatic carbocycles. The normalized spacial score (nSPS) is 10.6. The molecule has 0 aliphatic rings. The smallest absolute Gasteiger partial charge is 0.256 e. The van der Waals surface area contributed by atoms with E-state index in [-0.39, 0.29) is 11.1 Å². The molecule has 110 valence electrons. The summed E-state index contributed by atoms with van der Waals surface area (Å²) in [5.74, 6) is -0.195. The highest BCUT2D eigenvalue weighted by Crippen LogP contribution is 2.27. The van der Waals surface area contributed by atoms with E-state index < -0.39 is 0 Å². The number of anilines is 1. The molecular formula is C16H16Cl2N2O. The Morgan fingerprint density at radius 1 is 1.00 bits per heavy atom. The van der Waals surface area contributed by atoms with Gasteiger partial charge in [-0.1, -0.05) is 40.9 Å². The molecule has 0 unspecified atom stereocenters. The zero-order valence-corrected chi connectivity index (χ0v) is 13.9. The molecule has 0 saturated carbocycles. The standard InChI is InChI=1S/C16H16Cl2N2O/c1-8-5-9(2)13(10(3)6-8)16(21)20-14-11(4)7-12(17)19-15(14)18/h5-7H,1-4H3,(H,20,21). The molecule has 3 nitrogen and oxygen atoms in total. The van der Waals surface area contributed by atoms with Crippen molar-refractivity contribution in [2.45, 2.75) is 27.7 Å². The van der Waals surface area contributed by atoms with E-state index in [1.54, 1.807) is 6.07 Å². The lowest BCUT2D eigenvalue weighted by atomic mass is 9.99. The van der Waals surface area contributed by atoms with Crippen LogP contribution in [-0.2, 0) is 0 Å². The van der Waals surface area contributed by atoms with E-state index in [0.29, 0.717) is 16.4 Å². The topological polar surface area (TPSA) is 42.0 Å². The molecule has 0 spiro atoms. The molecule has 0 fully saturated rings. The van der Waals surface area contributed by atoms with E-state index in [9.17, 15) is 4.79 Å². The number of halogens is 2. The molecule has 0 aliphatic heterocycles. The molecule has 0 aliphatic carbocycles. The van der Waals surface area contributed by atoms with E-state index >= 15 is 0 Å². The van der Waals surface area contributed by atoms with Crippen molar-refractivity contribution in [3.63, 3.8) is 0 Å². The zero-order valence-electron chi connectivity index (χ0n) is 12.3. The Morgan fingerprint density at radius 3 is 2.10 bits per heavy atom. The second kappa shape index (κ2) is 6.04. The summed E-state index contributed by atoms with van der Waals surface area (Å²) in [5, 5.41) is 3.33. The molecule has 0 atom stereocenters. The fourth-order valence-electron chi connectivity index (χ4n) is 2.46. The summed E-state index contributed by atoms with van der Waals surface area (Å²) in [4.78, 5) is 16.5. The van der Waals surface area contributed by atoms with Crippen LogP contribution < -0.4 is 5.32 Å². The van der Waals surface area contributed by atoms with Crippen molar-refractivity contribution >= 4 is 34.8 Å². The summed E-state index contributed by atoms with van der Waals surface area (Å²) < 4.78 is 0. The number of hydrogen-bond donors (Lipinski definition) is 1. The molecule has 1 aromatic heterocycles. The second-order valence-corrected chi connectivity index (χ2v) is 5.90. The van der Waals surface area contributed by atoms with Crippen LogP contribution >= 0.6 is 23.2 Å². The number of rotatable bonds is 2. The van der Waals surface area contributed by atoms with Gasteiger partial charge in [0.15, 0.2) is 5.15 Å². The van der Waals surface area contributed by atoms with Crippen molar-refractivity contribution in [1.82, 2.24) is 4.98 Å². The molecule has 2 aromatic rings. The Morgan fingerprint density at radius 2 is 1.57 bits per heavy atom. The van der Waals surface area contributed by atoms with Crippen LogP contribution in [0.4, 0.5) is 5.69 Å². The van der Waals surface area contributed by atoms with Gasteiger partial charge in [0.05, 0.1) is 5.69 Å². The van der Waals surface area contributed by atoms with Crippen molar-refractivity contribution < 1.29 is 4.79 Å². The summed E-state index contributed by atoms with van der Waals surface area (Å²) >= 11 is 11.9. The molecule has 1 amide bonds. The third kappa shape index (κ3) is 3.36. The number of nitrogens with zero attached hydrogens (tertiary/aromatic N) is 1. The first kappa shape index (κ1) is 15.8. The Labute approximate surface area is 134 Å². The van der Waals surface area contributed by atoms with Gasteiger partial charge in [-0.3, -0.25) is 4.79 Å². The van der Waals surface area contributed by atoms with Gasteiger partial charge < -0.3 is 5.32 Å². The van der Waals surface area contributed by atoms with E-state index in [2.05, 4.69) is 10.3 Å². The zero-order chi connectivity index (χ0) is 15.7. The molecule has 0 radical (unpaired) electrons. The van der Waals surface area contributed by atoms with Crippen LogP contribution in [-0.4, -0.2) is 10.9 Å². The highest BCUT2D eigenvalue weighted by Gasteiger charge is 2.16. The van der Waals surface area contributed by atoms with Crippen LogP contribution in [0.2, 0.25) is 10.3 Å². The Kier molecular flexibility index (Phi) is 4.55. The van der Waals surface area contributed by atoms with Crippen LogP contribution in [0.5, 0.6) is 0 Å². The third-order valence-corrected chi connectivity index (χ3v) is 3.75. The second-order valence-electron chi connectivity index (χ2n) is 5.16. The fourth-order valence-corrected chi connectivity index (χ4v) is 3.04. The van der Waals surface area contributed by atoms with Crippen molar-refractivity contribution in [2.24, 2.45) is 0 Å². The average molecular weight is 323 g/mol. The van der Waals surface area contributed by atoms with Crippen LogP contribution in [0.25, 0.3) is 0 Å². The number of benzene rings is 1. The van der Waals surface area contributed by atoms with Crippen LogP contribution in [0.15, 0.2) is 18.2 Å². The predicted octanol–water partition coefficient (Wildman–Crippen LogP) is 4.87. The SMILES string of the molecule is Cc1cc(C)c(C(=O)Nc2c(C)cc(Cl)nc2Cl)c(C)c1. The van der Waals surface area contributed by atoms with Gasteiger partial charge in [0.2, 0.25) is 0 Å². The minimum atomic E-state index is -0.195. The first-order valence-electron chi connectivity index (χ1n) is 6.51. The number of amides is 1. The maximum Gasteiger partial charge on any atom is 0.256 e. The van der Waals surface area contributed by atoms with Gasteiger partial charge in [-0.2, -0.15) is 0 Å². The Balaban J connectivity index is 2.40. The quantitative estimate of drug-likeness (QED) is 0.801. The lowest BCUT2D eigenvalue weighted by Gasteiger charge is -2.14. The average Bonchev–Trinajstić information content (AvgIpc) is 2.32. The fraction of sp³-hybridized carbons (Fsp3) is 0.250. The van der Waals surface area contributed by atoms with Gasteiger partial charge in [0.25, 0.3) is 5.91 Å². The summed E-state index contributed by atoms with van der Waals surface area (Å²) in [5.41, 5.74) is 4.91. The summed E-state index contributed by atoms with van der Waals surface area (Å²) in [6.07, 6.45) is 0. The first-order chi connectivity index (χ1) is 9.79. The molecule has 1 heterocycles. The van der Waals surface area contributed by atoms with Crippen molar-refractivity contribution in [3.05, 3.63) is 56.3 Å². The molecule has 0 saturated heterocycles. The Hall–Kier alpha value is -1.58. The Bertz CT molecular complexity index is 680. The molecule has 1 N–H and O–H groups in total. The number of pyridine rings is 1. The highest BCUT2D eigenvalue weighted by atomic mass is 35.5. The summed E-state index contributed by atoms with van der Waals surface area (Å²) in [7, 11) is 0. The van der Waals surface area contributed by atoms with Gasteiger partial charge >= 0.3 is 0 Å². The number of nitrogens with one attached hydrogen (secondary N) is 1. The lowest BCUT2D eigenvalue weighted by molar-refractivity contribution is 0.102. The maximum absolute atomic E-state index is 12.5. The van der Waals surface area contributed by atoms with Crippen molar-refractivity contribution in [2.75, 3.05) is 5.32 Å². The monoisotopic (exact) mass is 322 g/mol. The van der Waals surface area contributed by atoms with E-state index in [1.165, 1.54) is 0 Å². The van der Waals surface area contributed by atoms with Crippen LogP contribution in [0.3, 0.4) is 0 Å². The highest BCUT2D eigenvalue weighted by molar-refractivity contribution is 6.35. The third-order valence-electron chi connectivity index (χ3n) is 3.28. The van der Waals surface area contributed by atoms with Crippen molar-refractivity contribution in [1.29, 1.82) is 0 Å². The minimum Gasteiger partial charge on any atom is -0.319 e. The van der Waals surface area contributed by atoms with Gasteiger partial charge in [-0.05, 0) is 50.5 Å². The van der Waals surface area contributed by atoms with Gasteiger partial charge in [-0.15, -0.1) is 0 Å². The minimum absolute atomic E-state index is 0.191. The summed E-state index contributed by atoms with van der Waals surface area (Å²) in [6, 6.07) is 5.63. The number of carbonyl (C=O) groups excluding carboxylic acids is 1. The number of aromatic nitrogens is 1. The van der Waals surface area contributed by atoms with Gasteiger partial charge in [-0.25, -0.2) is 4.98 Å². The number of carbonyl (C=O) groups is 1. The van der Waals surface area contributed by atoms with Gasteiger partial charge in [0, 0.05) is 5.56 Å². The largest absolute Gasteiger partial charge is 0.319 e. The number of hydrogen-bond acceptors (Lipinski definition) is 2. The predicted molar refractivity (Wildman–Crippen MR) is 87.6 cm³/mol. The maximum atomic E-state index is 12.5. The number of aryl methyl sites for hydroxylation is 4. The van der Waals surface area contributed by atoms with Crippen LogP contribution in [0, 0.1) is 27.7 Å². The molecule has 2 rings (SSSR count). The molecule has 5 heteroatoms. The van der Waals surface area contributed by atoms with E-state index in [0.717, 1.165) is 22.3 Å². The summed E-state index contributed by atoms with van der Waals surface area (Å²) in [6.45, 7) is 7.67. The molecule has 0 bridgehead atoms.